The van der Waals surface area contributed by atoms with Crippen LogP contribution in [0.25, 0.3) is 33.3 Å². The number of nitrogens with two attached hydrogens (primary N) is 1. The van der Waals surface area contributed by atoms with Crippen molar-refractivity contribution in [3.8, 4) is 22.3 Å². The Morgan fingerprint density at radius 3 is 1.74 bits per heavy atom. The second-order valence-corrected chi connectivity index (χ2v) is 5.63. The topological polar surface area (TPSA) is 86.2 Å². The van der Waals surface area contributed by atoms with Gasteiger partial charge in [0.2, 0.25) is 0 Å². The molecule has 0 amide bonds. The van der Waals surface area contributed by atoms with Gasteiger partial charge in [0.05, 0.1) is 12.8 Å². The first-order chi connectivity index (χ1) is 13.3. The lowest BCUT2D eigenvalue weighted by molar-refractivity contribution is 0.271. The molecule has 0 radical (unpaired) electrons. The Balaban J connectivity index is 0.00000102. The van der Waals surface area contributed by atoms with Crippen molar-refractivity contribution in [2.45, 2.75) is 13.8 Å². The quantitative estimate of drug-likeness (QED) is 0.386. The number of hydrogen-bond donors (Lipinski definition) is 2. The number of nitrogen functional groups attached to an aromatic ring is 1. The highest BCUT2D eigenvalue weighted by Crippen LogP contribution is 2.34. The molecule has 0 saturated carbocycles. The first-order valence-electron chi connectivity index (χ1n) is 8.77. The largest absolute Gasteiger partial charge is 0.399 e. The molecule has 3 aromatic carbocycles. The van der Waals surface area contributed by atoms with Gasteiger partial charge in [-0.05, 0) is 45.7 Å². The summed E-state index contributed by atoms with van der Waals surface area (Å²) in [5.41, 5.74) is 15.6. The number of nitrogens with zero attached hydrogens (tertiary/aromatic N) is 2. The number of fused-ring (bicyclic) bond motifs is 1. The summed E-state index contributed by atoms with van der Waals surface area (Å²) in [6.45, 7) is 4.00. The van der Waals surface area contributed by atoms with E-state index in [0.29, 0.717) is 0 Å². The van der Waals surface area contributed by atoms with Gasteiger partial charge in [-0.2, -0.15) is 0 Å². The molecule has 4 aromatic rings. The van der Waals surface area contributed by atoms with E-state index in [1.165, 1.54) is 0 Å². The van der Waals surface area contributed by atoms with Crippen LogP contribution in [-0.4, -0.2) is 17.4 Å². The summed E-state index contributed by atoms with van der Waals surface area (Å²) in [5.74, 6) is 0. The van der Waals surface area contributed by atoms with Crippen molar-refractivity contribution in [1.82, 2.24) is 10.3 Å². The molecule has 0 atom stereocenters. The standard InChI is InChI=1S/C19H16N4O2.C2H6/c1-24-21-15-8-4-13(5-9-15)17-11-10-16(18-19(17)23-25-22-18)12-2-6-14(20)7-3-12;1-2/h2-11,21H,20H2,1H3;1-2H3. The van der Waals surface area contributed by atoms with Crippen LogP contribution in [0, 0.1) is 0 Å². The van der Waals surface area contributed by atoms with Crippen molar-refractivity contribution >= 4 is 22.4 Å². The Labute approximate surface area is 157 Å². The van der Waals surface area contributed by atoms with E-state index in [1.807, 2.05) is 74.5 Å². The van der Waals surface area contributed by atoms with E-state index in [9.17, 15) is 0 Å². The number of nitrogens with one attached hydrogen (secondary N) is 1. The molecule has 0 fully saturated rings. The summed E-state index contributed by atoms with van der Waals surface area (Å²) in [6.07, 6.45) is 0. The van der Waals surface area contributed by atoms with Crippen molar-refractivity contribution in [2.75, 3.05) is 18.3 Å². The van der Waals surface area contributed by atoms with Gasteiger partial charge in [-0.15, -0.1) is 0 Å². The number of rotatable bonds is 4. The fourth-order valence-corrected chi connectivity index (χ4v) is 2.83. The van der Waals surface area contributed by atoms with Crippen LogP contribution in [0.5, 0.6) is 0 Å². The van der Waals surface area contributed by atoms with Crippen LogP contribution in [0.15, 0.2) is 65.3 Å². The lowest BCUT2D eigenvalue weighted by Crippen LogP contribution is -1.94. The molecule has 0 bridgehead atoms. The maximum atomic E-state index is 5.77. The fourth-order valence-electron chi connectivity index (χ4n) is 2.83. The van der Waals surface area contributed by atoms with Crippen LogP contribution in [0.4, 0.5) is 11.4 Å². The van der Waals surface area contributed by atoms with Gasteiger partial charge >= 0.3 is 0 Å². The molecule has 0 aliphatic rings. The Hall–Kier alpha value is -3.38. The van der Waals surface area contributed by atoms with E-state index in [1.54, 1.807) is 7.11 Å². The third-order valence-corrected chi connectivity index (χ3v) is 4.05. The second-order valence-electron chi connectivity index (χ2n) is 5.63. The Bertz CT molecular complexity index is 1010. The Morgan fingerprint density at radius 1 is 0.778 bits per heavy atom. The van der Waals surface area contributed by atoms with Crippen LogP contribution >= 0.6 is 0 Å². The van der Waals surface area contributed by atoms with E-state index >= 15 is 0 Å². The third-order valence-electron chi connectivity index (χ3n) is 4.05. The minimum absolute atomic E-state index is 0.722. The molecule has 6 heteroatoms. The summed E-state index contributed by atoms with van der Waals surface area (Å²) in [7, 11) is 1.58. The van der Waals surface area contributed by atoms with Crippen molar-refractivity contribution in [2.24, 2.45) is 0 Å². The SMILES string of the molecule is CC.CONc1ccc(-c2ccc(-c3ccc(N)cc3)c3nonc23)cc1. The van der Waals surface area contributed by atoms with E-state index in [4.69, 9.17) is 15.2 Å². The van der Waals surface area contributed by atoms with Gasteiger partial charge < -0.3 is 5.73 Å². The number of aromatic nitrogens is 2. The fraction of sp³-hybridized carbons (Fsp3) is 0.143. The van der Waals surface area contributed by atoms with Gasteiger partial charge in [0, 0.05) is 16.8 Å². The van der Waals surface area contributed by atoms with Crippen LogP contribution in [-0.2, 0) is 4.84 Å². The summed E-state index contributed by atoms with van der Waals surface area (Å²) in [4.78, 5) is 4.91. The maximum absolute atomic E-state index is 5.77. The lowest BCUT2D eigenvalue weighted by atomic mass is 9.97. The second kappa shape index (κ2) is 8.33. The number of hydrogen-bond acceptors (Lipinski definition) is 6. The zero-order valence-corrected chi connectivity index (χ0v) is 15.6. The molecule has 0 aliphatic heterocycles. The highest BCUT2D eigenvalue weighted by atomic mass is 16.6. The average molecular weight is 362 g/mol. The monoisotopic (exact) mass is 362 g/mol. The highest BCUT2D eigenvalue weighted by molar-refractivity contribution is 6.00. The van der Waals surface area contributed by atoms with Crippen LogP contribution in [0.3, 0.4) is 0 Å². The van der Waals surface area contributed by atoms with E-state index < -0.39 is 0 Å². The molecule has 138 valence electrons. The molecule has 4 rings (SSSR count). The molecule has 0 unspecified atom stereocenters. The molecule has 0 spiro atoms. The molecule has 27 heavy (non-hydrogen) atoms. The number of anilines is 2. The Kier molecular flexibility index (Phi) is 5.68. The van der Waals surface area contributed by atoms with Gasteiger partial charge in [0.1, 0.15) is 11.0 Å². The summed E-state index contributed by atoms with van der Waals surface area (Å²) in [5, 5.41) is 8.21. The molecular formula is C21H22N4O2. The van der Waals surface area contributed by atoms with E-state index in [2.05, 4.69) is 15.8 Å². The summed E-state index contributed by atoms with van der Waals surface area (Å²) in [6, 6.07) is 19.6. The lowest BCUT2D eigenvalue weighted by Gasteiger charge is -2.08. The zero-order valence-electron chi connectivity index (χ0n) is 15.6. The van der Waals surface area contributed by atoms with Crippen molar-refractivity contribution in [3.63, 3.8) is 0 Å². The molecule has 1 aromatic heterocycles. The smallest absolute Gasteiger partial charge is 0.143 e. The van der Waals surface area contributed by atoms with Crippen LogP contribution < -0.4 is 11.2 Å². The van der Waals surface area contributed by atoms with Crippen molar-refractivity contribution in [1.29, 1.82) is 0 Å². The molecule has 0 aliphatic carbocycles. The van der Waals surface area contributed by atoms with Crippen molar-refractivity contribution < 1.29 is 9.47 Å². The Morgan fingerprint density at radius 2 is 1.26 bits per heavy atom. The first kappa shape index (κ1) is 18.4. The van der Waals surface area contributed by atoms with Crippen molar-refractivity contribution in [3.05, 3.63) is 60.7 Å². The third kappa shape index (κ3) is 3.75. The zero-order chi connectivity index (χ0) is 19.2. The average Bonchev–Trinajstić information content (AvgIpc) is 3.21. The molecule has 6 nitrogen and oxygen atoms in total. The first-order valence-corrected chi connectivity index (χ1v) is 8.77. The minimum atomic E-state index is 0.722. The summed E-state index contributed by atoms with van der Waals surface area (Å²) >= 11 is 0. The predicted octanol–water partition coefficient (Wildman–Crippen LogP) is 5.14. The van der Waals surface area contributed by atoms with E-state index in [-0.39, 0.29) is 0 Å². The maximum Gasteiger partial charge on any atom is 0.143 e. The molecule has 1 heterocycles. The van der Waals surface area contributed by atoms with Gasteiger partial charge in [-0.1, -0.05) is 50.2 Å². The van der Waals surface area contributed by atoms with Gasteiger partial charge in [0.25, 0.3) is 0 Å². The molecular weight excluding hydrogens is 340 g/mol. The molecule has 0 saturated heterocycles. The molecule has 3 N–H and O–H groups in total. The van der Waals surface area contributed by atoms with Gasteiger partial charge in [-0.3, -0.25) is 10.3 Å². The van der Waals surface area contributed by atoms with Crippen LogP contribution in [0.2, 0.25) is 0 Å². The van der Waals surface area contributed by atoms with E-state index in [0.717, 1.165) is 44.7 Å². The highest BCUT2D eigenvalue weighted by Gasteiger charge is 2.14. The number of benzene rings is 3. The summed E-state index contributed by atoms with van der Waals surface area (Å²) < 4.78 is 5.02. The normalized spacial score (nSPS) is 10.3. The van der Waals surface area contributed by atoms with Gasteiger partial charge in [0.15, 0.2) is 0 Å². The van der Waals surface area contributed by atoms with Crippen LogP contribution in [0.1, 0.15) is 13.8 Å². The van der Waals surface area contributed by atoms with Gasteiger partial charge in [-0.25, -0.2) is 4.63 Å². The predicted molar refractivity (Wildman–Crippen MR) is 109 cm³/mol. The minimum Gasteiger partial charge on any atom is -0.399 e.